The van der Waals surface area contributed by atoms with Gasteiger partial charge in [-0.1, -0.05) is 34.6 Å². The van der Waals surface area contributed by atoms with Crippen molar-refractivity contribution in [2.75, 3.05) is 5.73 Å². The van der Waals surface area contributed by atoms with E-state index in [-0.39, 0.29) is 5.04 Å². The van der Waals surface area contributed by atoms with E-state index in [0.29, 0.717) is 0 Å². The van der Waals surface area contributed by atoms with E-state index >= 15 is 0 Å². The Morgan fingerprint density at radius 2 is 1.37 bits per heavy atom. The first-order chi connectivity index (χ1) is 8.54. The van der Waals surface area contributed by atoms with Gasteiger partial charge < -0.3 is 10.2 Å². The molecule has 0 aromatic heterocycles. The molecule has 0 aliphatic carbocycles. The second-order valence-electron chi connectivity index (χ2n) is 6.33. The van der Waals surface area contributed by atoms with Gasteiger partial charge in [-0.15, -0.1) is 0 Å². The molecule has 0 amide bonds. The van der Waals surface area contributed by atoms with Crippen molar-refractivity contribution in [3.8, 4) is 5.75 Å². The SMILES string of the molecule is CC.Cc1cc(O[Si](C)(C)C(C)(C)C)cc(C)c1N. The molecule has 1 aromatic rings. The molecule has 0 unspecified atom stereocenters. The van der Waals surface area contributed by atoms with Gasteiger partial charge in [0.15, 0.2) is 0 Å². The molecule has 2 nitrogen and oxygen atoms in total. The van der Waals surface area contributed by atoms with Crippen molar-refractivity contribution in [1.29, 1.82) is 0 Å². The molecule has 0 fully saturated rings. The number of nitrogens with two attached hydrogens (primary N) is 1. The zero-order valence-corrected chi connectivity index (χ0v) is 15.1. The molecule has 0 aliphatic heterocycles. The lowest BCUT2D eigenvalue weighted by atomic mass is 10.1. The summed E-state index contributed by atoms with van der Waals surface area (Å²) in [5.74, 6) is 0.959. The topological polar surface area (TPSA) is 35.2 Å². The van der Waals surface area contributed by atoms with E-state index in [1.165, 1.54) is 0 Å². The summed E-state index contributed by atoms with van der Waals surface area (Å²) in [6.07, 6.45) is 0. The van der Waals surface area contributed by atoms with Crippen molar-refractivity contribution in [1.82, 2.24) is 0 Å². The molecule has 0 aliphatic rings. The lowest BCUT2D eigenvalue weighted by Gasteiger charge is -2.36. The Labute approximate surface area is 120 Å². The van der Waals surface area contributed by atoms with Crippen LogP contribution >= 0.6 is 0 Å². The Bertz CT molecular complexity index is 396. The van der Waals surface area contributed by atoms with Crippen LogP contribution < -0.4 is 10.2 Å². The summed E-state index contributed by atoms with van der Waals surface area (Å²) in [7, 11) is -1.75. The van der Waals surface area contributed by atoms with Gasteiger partial charge in [0.05, 0.1) is 0 Å². The molecule has 0 heterocycles. The summed E-state index contributed by atoms with van der Waals surface area (Å²) in [5, 5.41) is 0.218. The van der Waals surface area contributed by atoms with Gasteiger partial charge in [-0.05, 0) is 55.2 Å². The quantitative estimate of drug-likeness (QED) is 0.590. The molecule has 19 heavy (non-hydrogen) atoms. The highest BCUT2D eigenvalue weighted by Crippen LogP contribution is 2.38. The van der Waals surface area contributed by atoms with Gasteiger partial charge in [-0.25, -0.2) is 0 Å². The predicted molar refractivity (Wildman–Crippen MR) is 89.5 cm³/mol. The van der Waals surface area contributed by atoms with Gasteiger partial charge >= 0.3 is 0 Å². The van der Waals surface area contributed by atoms with Crippen molar-refractivity contribution in [3.05, 3.63) is 23.3 Å². The van der Waals surface area contributed by atoms with E-state index < -0.39 is 8.32 Å². The lowest BCUT2D eigenvalue weighted by Crippen LogP contribution is -2.43. The fourth-order valence-corrected chi connectivity index (χ4v) is 2.45. The van der Waals surface area contributed by atoms with Crippen LogP contribution in [0.3, 0.4) is 0 Å². The Hall–Kier alpha value is -0.963. The first-order valence-corrected chi connectivity index (χ1v) is 10.0. The molecular formula is C16H31NOSi. The molecule has 1 aromatic carbocycles. The molecule has 0 saturated carbocycles. The smallest absolute Gasteiger partial charge is 0.250 e. The first-order valence-electron chi connectivity index (χ1n) is 7.10. The van der Waals surface area contributed by atoms with Gasteiger partial charge in [0.1, 0.15) is 5.75 Å². The van der Waals surface area contributed by atoms with E-state index in [1.54, 1.807) is 0 Å². The monoisotopic (exact) mass is 281 g/mol. The number of nitrogen functional groups attached to an aromatic ring is 1. The standard InChI is InChI=1S/C14H25NOSi.C2H6/c1-10-8-12(9-11(2)13(10)15)16-17(6,7)14(3,4)5;1-2/h8-9H,15H2,1-7H3;1-2H3. The lowest BCUT2D eigenvalue weighted by molar-refractivity contribution is 0.491. The molecule has 3 heteroatoms. The van der Waals surface area contributed by atoms with Crippen LogP contribution in [0.1, 0.15) is 45.7 Å². The normalized spacial score (nSPS) is 11.6. The van der Waals surface area contributed by atoms with E-state index in [9.17, 15) is 0 Å². The fraction of sp³-hybridized carbons (Fsp3) is 0.625. The number of hydrogen-bond acceptors (Lipinski definition) is 2. The molecule has 0 saturated heterocycles. The van der Waals surface area contributed by atoms with Crippen LogP contribution in [0.5, 0.6) is 5.75 Å². The van der Waals surface area contributed by atoms with E-state index in [2.05, 4.69) is 33.9 Å². The third-order valence-electron chi connectivity index (χ3n) is 3.75. The molecule has 0 spiro atoms. The highest BCUT2D eigenvalue weighted by Gasteiger charge is 2.39. The van der Waals surface area contributed by atoms with Gasteiger partial charge in [0, 0.05) is 5.69 Å². The van der Waals surface area contributed by atoms with Crippen molar-refractivity contribution < 1.29 is 4.43 Å². The minimum atomic E-state index is -1.75. The third kappa shape index (κ3) is 4.57. The van der Waals surface area contributed by atoms with Gasteiger partial charge in [0.25, 0.3) is 0 Å². The van der Waals surface area contributed by atoms with E-state index in [4.69, 9.17) is 10.2 Å². The second kappa shape index (κ2) is 6.46. The zero-order valence-electron chi connectivity index (χ0n) is 14.1. The average molecular weight is 282 g/mol. The van der Waals surface area contributed by atoms with Crippen molar-refractivity contribution in [2.24, 2.45) is 0 Å². The Morgan fingerprint density at radius 3 is 1.68 bits per heavy atom. The highest BCUT2D eigenvalue weighted by molar-refractivity contribution is 6.74. The molecule has 1 rings (SSSR count). The van der Waals surface area contributed by atoms with Gasteiger partial charge in [0.2, 0.25) is 8.32 Å². The van der Waals surface area contributed by atoms with Crippen LogP contribution in [0.2, 0.25) is 18.1 Å². The number of benzene rings is 1. The summed E-state index contributed by atoms with van der Waals surface area (Å²) in [5.41, 5.74) is 9.02. The maximum Gasteiger partial charge on any atom is 0.250 e. The molecule has 2 N–H and O–H groups in total. The van der Waals surface area contributed by atoms with E-state index in [1.807, 2.05) is 39.8 Å². The van der Waals surface area contributed by atoms with Crippen molar-refractivity contribution in [3.63, 3.8) is 0 Å². The van der Waals surface area contributed by atoms with Crippen LogP contribution in [-0.4, -0.2) is 8.32 Å². The number of rotatable bonds is 2. The van der Waals surface area contributed by atoms with Crippen LogP contribution in [-0.2, 0) is 0 Å². The van der Waals surface area contributed by atoms with Crippen LogP contribution in [0.25, 0.3) is 0 Å². The fourth-order valence-electron chi connectivity index (χ4n) is 1.44. The maximum absolute atomic E-state index is 6.27. The number of hydrogen-bond donors (Lipinski definition) is 1. The summed E-state index contributed by atoms with van der Waals surface area (Å²) >= 11 is 0. The summed E-state index contributed by atoms with van der Waals surface area (Å²) in [6, 6.07) is 4.09. The maximum atomic E-state index is 6.27. The number of aryl methyl sites for hydroxylation is 2. The summed E-state index contributed by atoms with van der Waals surface area (Å²) < 4.78 is 6.27. The van der Waals surface area contributed by atoms with Gasteiger partial charge in [-0.2, -0.15) is 0 Å². The van der Waals surface area contributed by atoms with E-state index in [0.717, 1.165) is 22.6 Å². The Balaban J connectivity index is 0.00000154. The molecule has 0 radical (unpaired) electrons. The summed E-state index contributed by atoms with van der Waals surface area (Å²) in [6.45, 7) is 19.3. The molecule has 0 atom stereocenters. The number of anilines is 1. The first kappa shape index (κ1) is 18.0. The minimum Gasteiger partial charge on any atom is -0.543 e. The van der Waals surface area contributed by atoms with Crippen LogP contribution in [0, 0.1) is 13.8 Å². The molecule has 0 bridgehead atoms. The van der Waals surface area contributed by atoms with Crippen LogP contribution in [0.4, 0.5) is 5.69 Å². The second-order valence-corrected chi connectivity index (χ2v) is 11.1. The third-order valence-corrected chi connectivity index (χ3v) is 8.10. The Morgan fingerprint density at radius 1 is 1.00 bits per heavy atom. The highest BCUT2D eigenvalue weighted by atomic mass is 28.4. The van der Waals surface area contributed by atoms with Crippen LogP contribution in [0.15, 0.2) is 12.1 Å². The summed E-state index contributed by atoms with van der Waals surface area (Å²) in [4.78, 5) is 0. The van der Waals surface area contributed by atoms with Crippen molar-refractivity contribution in [2.45, 2.75) is 66.6 Å². The van der Waals surface area contributed by atoms with Crippen molar-refractivity contribution >= 4 is 14.0 Å². The zero-order chi connectivity index (χ0) is 15.4. The van der Waals surface area contributed by atoms with Gasteiger partial charge in [-0.3, -0.25) is 0 Å². The molecular weight excluding hydrogens is 250 g/mol. The molecule has 110 valence electrons. The average Bonchev–Trinajstić information content (AvgIpc) is 2.26. The predicted octanol–water partition coefficient (Wildman–Crippen LogP) is 5.30. The minimum absolute atomic E-state index is 0.218. The largest absolute Gasteiger partial charge is 0.543 e. The Kier molecular flexibility index (Phi) is 6.14.